The van der Waals surface area contributed by atoms with Crippen molar-refractivity contribution in [2.24, 2.45) is 11.8 Å². The molecule has 128 valence electrons. The van der Waals surface area contributed by atoms with Gasteiger partial charge in [0.15, 0.2) is 0 Å². The van der Waals surface area contributed by atoms with Crippen LogP contribution < -0.4 is 0 Å². The van der Waals surface area contributed by atoms with E-state index in [0.717, 1.165) is 11.8 Å². The second-order valence-corrected chi connectivity index (χ2v) is 5.78. The van der Waals surface area contributed by atoms with Gasteiger partial charge in [0.05, 0.1) is 0 Å². The van der Waals surface area contributed by atoms with Gasteiger partial charge in [-0.3, -0.25) is 0 Å². The highest BCUT2D eigenvalue weighted by atomic mass is 15.1. The maximum absolute atomic E-state index is 2.51. The van der Waals surface area contributed by atoms with Gasteiger partial charge in [-0.2, -0.15) is 0 Å². The van der Waals surface area contributed by atoms with E-state index in [-0.39, 0.29) is 37.1 Å². The van der Waals surface area contributed by atoms with E-state index in [2.05, 4.69) is 23.9 Å². The Morgan fingerprint density at radius 3 is 1.35 bits per heavy atom. The van der Waals surface area contributed by atoms with Crippen LogP contribution in [0.4, 0.5) is 0 Å². The molecule has 0 aromatic heterocycles. The monoisotopic (exact) mass is 290 g/mol. The third-order valence-electron chi connectivity index (χ3n) is 4.11. The Morgan fingerprint density at radius 1 is 0.700 bits per heavy atom. The summed E-state index contributed by atoms with van der Waals surface area (Å²) in [5.41, 5.74) is 0. The average Bonchev–Trinajstić information content (AvgIpc) is 2.17. The Morgan fingerprint density at radius 2 is 1.05 bits per heavy atom. The molecule has 2 unspecified atom stereocenters. The first-order chi connectivity index (χ1) is 7.24. The van der Waals surface area contributed by atoms with Crippen LogP contribution in [0.1, 0.15) is 69.2 Å². The first kappa shape index (κ1) is 28.1. The van der Waals surface area contributed by atoms with Gasteiger partial charge in [0.2, 0.25) is 0 Å². The minimum atomic E-state index is 0. The van der Waals surface area contributed by atoms with Crippen LogP contribution >= 0.6 is 0 Å². The van der Waals surface area contributed by atoms with Crippen LogP contribution in [0.2, 0.25) is 0 Å². The number of piperidine rings is 2. The highest BCUT2D eigenvalue weighted by Gasteiger charge is 2.23. The maximum Gasteiger partial charge on any atom is 0.000672 e. The fourth-order valence-electron chi connectivity index (χ4n) is 3.40. The standard InChI is InChI=1S/C13H26N2.5CH4/c1-14-7-3-5-12(10-14)9-13-6-4-8-15(2)11-13;;;;;/h12-13H,3-11H2,1-2H3;5*1H4. The van der Waals surface area contributed by atoms with E-state index in [0.29, 0.717) is 0 Å². The normalized spacial score (nSPS) is 26.7. The van der Waals surface area contributed by atoms with Crippen LogP contribution in [0.3, 0.4) is 0 Å². The number of hydrogen-bond donors (Lipinski definition) is 0. The summed E-state index contributed by atoms with van der Waals surface area (Å²) in [5.74, 6) is 1.97. The molecule has 0 spiro atoms. The van der Waals surface area contributed by atoms with Gasteiger partial charge in [0.25, 0.3) is 0 Å². The molecule has 0 N–H and O–H groups in total. The summed E-state index contributed by atoms with van der Waals surface area (Å²) in [6, 6.07) is 0. The molecule has 2 heteroatoms. The van der Waals surface area contributed by atoms with E-state index in [1.54, 1.807) is 0 Å². The lowest BCUT2D eigenvalue weighted by Gasteiger charge is -2.35. The van der Waals surface area contributed by atoms with Gasteiger partial charge in [-0.1, -0.05) is 37.1 Å². The summed E-state index contributed by atoms with van der Waals surface area (Å²) >= 11 is 0. The molecular formula is C18H46N2. The Bertz CT molecular complexity index is 174. The minimum absolute atomic E-state index is 0. The zero-order chi connectivity index (χ0) is 10.7. The van der Waals surface area contributed by atoms with Gasteiger partial charge in [-0.05, 0) is 71.1 Å². The third-order valence-corrected chi connectivity index (χ3v) is 4.11. The first-order valence-corrected chi connectivity index (χ1v) is 6.61. The number of nitrogens with zero attached hydrogens (tertiary/aromatic N) is 2. The first-order valence-electron chi connectivity index (χ1n) is 6.61. The zero-order valence-corrected chi connectivity index (χ0v) is 10.4. The van der Waals surface area contributed by atoms with Gasteiger partial charge in [0.1, 0.15) is 0 Å². The molecule has 2 aliphatic heterocycles. The van der Waals surface area contributed by atoms with Crippen LogP contribution in [0.15, 0.2) is 0 Å². The van der Waals surface area contributed by atoms with E-state index in [1.165, 1.54) is 58.3 Å². The van der Waals surface area contributed by atoms with Crippen molar-refractivity contribution in [3.05, 3.63) is 0 Å². The summed E-state index contributed by atoms with van der Waals surface area (Å²) in [6.07, 6.45) is 7.28. The van der Waals surface area contributed by atoms with E-state index in [9.17, 15) is 0 Å². The summed E-state index contributed by atoms with van der Waals surface area (Å²) in [6.45, 7) is 5.34. The molecule has 0 bridgehead atoms. The Balaban J connectivity index is -0.000000256. The summed E-state index contributed by atoms with van der Waals surface area (Å²) in [7, 11) is 4.55. The molecule has 2 rings (SSSR count). The Kier molecular flexibility index (Phi) is 19.5. The van der Waals surface area contributed by atoms with Crippen molar-refractivity contribution < 1.29 is 0 Å². The zero-order valence-electron chi connectivity index (χ0n) is 10.4. The molecule has 2 saturated heterocycles. The minimum Gasteiger partial charge on any atom is -0.306 e. The summed E-state index contributed by atoms with van der Waals surface area (Å²) in [5, 5.41) is 0. The molecule has 2 atom stereocenters. The van der Waals surface area contributed by atoms with Crippen LogP contribution in [-0.2, 0) is 0 Å². The molecule has 0 aliphatic carbocycles. The second kappa shape index (κ2) is 13.9. The molecule has 2 fully saturated rings. The number of likely N-dealkylation sites (tertiary alicyclic amines) is 2. The molecule has 2 aliphatic rings. The molecule has 0 radical (unpaired) electrons. The van der Waals surface area contributed by atoms with Crippen molar-refractivity contribution in [1.29, 1.82) is 0 Å². The van der Waals surface area contributed by atoms with Crippen molar-refractivity contribution in [2.75, 3.05) is 40.3 Å². The lowest BCUT2D eigenvalue weighted by atomic mass is 9.84. The highest BCUT2D eigenvalue weighted by molar-refractivity contribution is 4.77. The molecule has 2 nitrogen and oxygen atoms in total. The smallest absolute Gasteiger partial charge is 0.000672 e. The molecule has 20 heavy (non-hydrogen) atoms. The predicted octanol–water partition coefficient (Wildman–Crippen LogP) is 5.24. The van der Waals surface area contributed by atoms with E-state index in [4.69, 9.17) is 0 Å². The molecular weight excluding hydrogens is 244 g/mol. The lowest BCUT2D eigenvalue weighted by molar-refractivity contribution is 0.143. The average molecular weight is 291 g/mol. The van der Waals surface area contributed by atoms with Crippen molar-refractivity contribution >= 4 is 0 Å². The summed E-state index contributed by atoms with van der Waals surface area (Å²) < 4.78 is 0. The van der Waals surface area contributed by atoms with E-state index >= 15 is 0 Å². The molecule has 0 amide bonds. The van der Waals surface area contributed by atoms with Gasteiger partial charge in [-0.15, -0.1) is 0 Å². The van der Waals surface area contributed by atoms with Crippen molar-refractivity contribution in [2.45, 2.75) is 69.2 Å². The van der Waals surface area contributed by atoms with Gasteiger partial charge in [-0.25, -0.2) is 0 Å². The number of hydrogen-bond acceptors (Lipinski definition) is 2. The van der Waals surface area contributed by atoms with Crippen molar-refractivity contribution in [3.8, 4) is 0 Å². The molecule has 2 heterocycles. The topological polar surface area (TPSA) is 6.48 Å². The van der Waals surface area contributed by atoms with E-state index in [1.807, 2.05) is 0 Å². The van der Waals surface area contributed by atoms with Crippen LogP contribution in [-0.4, -0.2) is 50.1 Å². The maximum atomic E-state index is 2.51. The quantitative estimate of drug-likeness (QED) is 0.686. The van der Waals surface area contributed by atoms with Gasteiger partial charge in [0, 0.05) is 13.1 Å². The molecule has 0 saturated carbocycles. The number of rotatable bonds is 2. The lowest BCUT2D eigenvalue weighted by Crippen LogP contribution is -2.37. The predicted molar refractivity (Wildman–Crippen MR) is 98.7 cm³/mol. The summed E-state index contributed by atoms with van der Waals surface area (Å²) in [4.78, 5) is 5.03. The van der Waals surface area contributed by atoms with Gasteiger partial charge >= 0.3 is 0 Å². The fourth-order valence-corrected chi connectivity index (χ4v) is 3.40. The second-order valence-electron chi connectivity index (χ2n) is 5.78. The van der Waals surface area contributed by atoms with Gasteiger partial charge < -0.3 is 9.80 Å². The SMILES string of the molecule is C.C.C.C.C.CN1CCCC(CC2CCCN(C)C2)C1. The Hall–Kier alpha value is -0.0800. The fraction of sp³-hybridized carbons (Fsp3) is 1.00. The van der Waals surface area contributed by atoms with E-state index < -0.39 is 0 Å². The van der Waals surface area contributed by atoms with Crippen LogP contribution in [0.5, 0.6) is 0 Å². The van der Waals surface area contributed by atoms with Crippen molar-refractivity contribution in [3.63, 3.8) is 0 Å². The van der Waals surface area contributed by atoms with Crippen LogP contribution in [0, 0.1) is 11.8 Å². The molecule has 0 aromatic rings. The van der Waals surface area contributed by atoms with Crippen LogP contribution in [0.25, 0.3) is 0 Å². The third kappa shape index (κ3) is 8.97. The largest absolute Gasteiger partial charge is 0.306 e. The molecule has 0 aromatic carbocycles. The van der Waals surface area contributed by atoms with Crippen molar-refractivity contribution in [1.82, 2.24) is 9.80 Å². The Labute approximate surface area is 131 Å². The highest BCUT2D eigenvalue weighted by Crippen LogP contribution is 2.27.